The number of fused-ring (bicyclic) bond motifs is 2. The van der Waals surface area contributed by atoms with Crippen molar-refractivity contribution < 1.29 is 0 Å². The maximum atomic E-state index is 4.81. The predicted molar refractivity (Wildman–Crippen MR) is 97.3 cm³/mol. The molecule has 0 spiro atoms. The lowest BCUT2D eigenvalue weighted by molar-refractivity contribution is 1.43. The van der Waals surface area contributed by atoms with Crippen molar-refractivity contribution in [2.24, 2.45) is 0 Å². The van der Waals surface area contributed by atoms with E-state index in [9.17, 15) is 0 Å². The first-order valence-electron chi connectivity index (χ1n) is 7.30. The van der Waals surface area contributed by atoms with Crippen molar-refractivity contribution in [2.75, 3.05) is 0 Å². The second kappa shape index (κ2) is 5.54. The van der Waals surface area contributed by atoms with E-state index in [2.05, 4.69) is 76.6 Å². The van der Waals surface area contributed by atoms with Gasteiger partial charge in [0.25, 0.3) is 0 Å². The van der Waals surface area contributed by atoms with Crippen LogP contribution in [0.25, 0.3) is 32.9 Å². The summed E-state index contributed by atoms with van der Waals surface area (Å²) in [6.45, 7) is 0. The number of pyridine rings is 1. The van der Waals surface area contributed by atoms with Crippen LogP contribution in [-0.4, -0.2) is 4.98 Å². The quantitative estimate of drug-likeness (QED) is 0.322. The summed E-state index contributed by atoms with van der Waals surface area (Å²) in [5.41, 5.74) is 5.93. The van der Waals surface area contributed by atoms with E-state index in [1.54, 1.807) is 0 Å². The van der Waals surface area contributed by atoms with E-state index in [1.807, 2.05) is 12.1 Å². The van der Waals surface area contributed by atoms with Gasteiger partial charge in [-0.1, -0.05) is 76.6 Å². The van der Waals surface area contributed by atoms with Gasteiger partial charge in [-0.05, 0) is 23.3 Å². The van der Waals surface area contributed by atoms with Gasteiger partial charge in [0.2, 0.25) is 0 Å². The Bertz CT molecular complexity index is 921. The number of alkyl halides is 1. The van der Waals surface area contributed by atoms with Crippen LogP contribution >= 0.6 is 15.9 Å². The van der Waals surface area contributed by atoms with E-state index in [0.717, 1.165) is 16.4 Å². The van der Waals surface area contributed by atoms with E-state index in [-0.39, 0.29) is 0 Å². The molecule has 0 atom stereocenters. The minimum absolute atomic E-state index is 0.841. The number of halogens is 1. The lowest BCUT2D eigenvalue weighted by Crippen LogP contribution is -1.91. The monoisotopic (exact) mass is 347 g/mol. The first-order chi connectivity index (χ1) is 10.9. The van der Waals surface area contributed by atoms with Crippen molar-refractivity contribution in [3.8, 4) is 11.1 Å². The number of rotatable bonds is 2. The largest absolute Gasteiger partial charge is 0.248 e. The SMILES string of the molecule is BrCc1ccccc1-c1c2ccccc2nc2ccccc12. The molecule has 1 aromatic heterocycles. The lowest BCUT2D eigenvalue weighted by atomic mass is 9.93. The summed E-state index contributed by atoms with van der Waals surface area (Å²) >= 11 is 3.62. The smallest absolute Gasteiger partial charge is 0.0715 e. The molecule has 1 heterocycles. The standard InChI is InChI=1S/C20H14BrN/c21-13-14-7-1-2-8-15(14)20-16-9-3-5-11-18(16)22-19-12-6-4-10-17(19)20/h1-12H,13H2. The molecule has 0 saturated heterocycles. The molecule has 0 aliphatic heterocycles. The molecule has 0 amide bonds. The van der Waals surface area contributed by atoms with Gasteiger partial charge in [-0.3, -0.25) is 0 Å². The molecule has 0 aliphatic rings. The van der Waals surface area contributed by atoms with Crippen molar-refractivity contribution in [1.82, 2.24) is 4.98 Å². The predicted octanol–water partition coefficient (Wildman–Crippen LogP) is 5.95. The van der Waals surface area contributed by atoms with Gasteiger partial charge in [0, 0.05) is 21.7 Å². The maximum Gasteiger partial charge on any atom is 0.0715 e. The fraction of sp³-hybridized carbons (Fsp3) is 0.0500. The summed E-state index contributed by atoms with van der Waals surface area (Å²) in [6, 6.07) is 25.3. The zero-order valence-corrected chi connectivity index (χ0v) is 13.5. The van der Waals surface area contributed by atoms with Crippen LogP contribution in [0.5, 0.6) is 0 Å². The Hall–Kier alpha value is -2.19. The normalized spacial score (nSPS) is 11.1. The Labute approximate surface area is 137 Å². The molecule has 0 N–H and O–H groups in total. The lowest BCUT2D eigenvalue weighted by Gasteiger charge is -2.14. The third-order valence-corrected chi connectivity index (χ3v) is 4.62. The minimum Gasteiger partial charge on any atom is -0.248 e. The zero-order chi connectivity index (χ0) is 14.9. The maximum absolute atomic E-state index is 4.81. The Balaban J connectivity index is 2.22. The van der Waals surface area contributed by atoms with E-state index in [0.29, 0.717) is 0 Å². The molecule has 3 aromatic carbocycles. The van der Waals surface area contributed by atoms with Crippen molar-refractivity contribution in [1.29, 1.82) is 0 Å². The number of nitrogens with zero attached hydrogens (tertiary/aromatic N) is 1. The summed E-state index contributed by atoms with van der Waals surface area (Å²) in [5.74, 6) is 0. The van der Waals surface area contributed by atoms with Gasteiger partial charge >= 0.3 is 0 Å². The van der Waals surface area contributed by atoms with E-state index in [4.69, 9.17) is 4.98 Å². The number of hydrogen-bond acceptors (Lipinski definition) is 1. The van der Waals surface area contributed by atoms with E-state index >= 15 is 0 Å². The first-order valence-corrected chi connectivity index (χ1v) is 8.42. The molecule has 0 aliphatic carbocycles. The van der Waals surface area contributed by atoms with Crippen LogP contribution in [-0.2, 0) is 5.33 Å². The van der Waals surface area contributed by atoms with Crippen LogP contribution in [0.2, 0.25) is 0 Å². The third kappa shape index (κ3) is 2.11. The van der Waals surface area contributed by atoms with Crippen molar-refractivity contribution in [3.05, 3.63) is 78.4 Å². The van der Waals surface area contributed by atoms with Crippen LogP contribution in [0.1, 0.15) is 5.56 Å². The second-order valence-corrected chi connectivity index (χ2v) is 5.87. The number of hydrogen-bond donors (Lipinski definition) is 0. The minimum atomic E-state index is 0.841. The highest BCUT2D eigenvalue weighted by Gasteiger charge is 2.12. The molecule has 0 saturated carbocycles. The fourth-order valence-corrected chi connectivity index (χ4v) is 3.50. The summed E-state index contributed by atoms with van der Waals surface area (Å²) < 4.78 is 0. The van der Waals surface area contributed by atoms with Crippen molar-refractivity contribution >= 4 is 37.7 Å². The van der Waals surface area contributed by atoms with Crippen LogP contribution in [0.4, 0.5) is 0 Å². The molecule has 2 heteroatoms. The Kier molecular flexibility index (Phi) is 3.39. The number of aromatic nitrogens is 1. The van der Waals surface area contributed by atoms with Gasteiger partial charge in [0.05, 0.1) is 11.0 Å². The van der Waals surface area contributed by atoms with Gasteiger partial charge in [-0.2, -0.15) is 0 Å². The van der Waals surface area contributed by atoms with Gasteiger partial charge in [0.1, 0.15) is 0 Å². The molecule has 1 nitrogen and oxygen atoms in total. The molecule has 0 unspecified atom stereocenters. The van der Waals surface area contributed by atoms with Crippen molar-refractivity contribution in [2.45, 2.75) is 5.33 Å². The highest BCUT2D eigenvalue weighted by Crippen LogP contribution is 2.36. The third-order valence-electron chi connectivity index (χ3n) is 4.02. The molecule has 106 valence electrons. The summed E-state index contributed by atoms with van der Waals surface area (Å²) in [4.78, 5) is 4.81. The molecule has 4 rings (SSSR count). The van der Waals surface area contributed by atoms with Gasteiger partial charge in [-0.15, -0.1) is 0 Å². The molecule has 0 bridgehead atoms. The topological polar surface area (TPSA) is 12.9 Å². The first kappa shape index (κ1) is 13.5. The number of benzene rings is 3. The fourth-order valence-electron chi connectivity index (χ4n) is 3.01. The molecular formula is C20H14BrN. The van der Waals surface area contributed by atoms with E-state index in [1.165, 1.54) is 27.5 Å². The zero-order valence-electron chi connectivity index (χ0n) is 12.0. The molecule has 0 fully saturated rings. The van der Waals surface area contributed by atoms with Gasteiger partial charge < -0.3 is 0 Å². The number of para-hydroxylation sites is 2. The van der Waals surface area contributed by atoms with Crippen LogP contribution in [0.3, 0.4) is 0 Å². The second-order valence-electron chi connectivity index (χ2n) is 5.31. The van der Waals surface area contributed by atoms with Gasteiger partial charge in [0.15, 0.2) is 0 Å². The Morgan fingerprint density at radius 3 is 1.86 bits per heavy atom. The molecule has 0 radical (unpaired) electrons. The van der Waals surface area contributed by atoms with Crippen LogP contribution < -0.4 is 0 Å². The average molecular weight is 348 g/mol. The molecule has 4 aromatic rings. The Morgan fingerprint density at radius 2 is 1.23 bits per heavy atom. The molecule has 22 heavy (non-hydrogen) atoms. The van der Waals surface area contributed by atoms with E-state index < -0.39 is 0 Å². The summed E-state index contributed by atoms with van der Waals surface area (Å²) in [7, 11) is 0. The van der Waals surface area contributed by atoms with Crippen molar-refractivity contribution in [3.63, 3.8) is 0 Å². The highest BCUT2D eigenvalue weighted by molar-refractivity contribution is 9.08. The average Bonchev–Trinajstić information content (AvgIpc) is 2.59. The summed E-state index contributed by atoms with van der Waals surface area (Å²) in [5, 5.41) is 3.25. The van der Waals surface area contributed by atoms with Gasteiger partial charge in [-0.25, -0.2) is 4.98 Å². The summed E-state index contributed by atoms with van der Waals surface area (Å²) in [6.07, 6.45) is 0. The van der Waals surface area contributed by atoms with Crippen LogP contribution in [0, 0.1) is 0 Å². The molecular weight excluding hydrogens is 334 g/mol. The van der Waals surface area contributed by atoms with Crippen LogP contribution in [0.15, 0.2) is 72.8 Å². The Morgan fingerprint density at radius 1 is 0.682 bits per heavy atom. The highest BCUT2D eigenvalue weighted by atomic mass is 79.9.